The zero-order valence-corrected chi connectivity index (χ0v) is 18.4. The van der Waals surface area contributed by atoms with E-state index in [-0.39, 0.29) is 25.5 Å². The summed E-state index contributed by atoms with van der Waals surface area (Å²) in [6.45, 7) is 0.157. The first-order chi connectivity index (χ1) is 15.0. The van der Waals surface area contributed by atoms with Crippen molar-refractivity contribution < 1.29 is 19.8 Å². The summed E-state index contributed by atoms with van der Waals surface area (Å²) in [5.74, 6) is -2.10. The van der Waals surface area contributed by atoms with Gasteiger partial charge in [0.05, 0.1) is 18.0 Å². The molecule has 0 spiro atoms. The summed E-state index contributed by atoms with van der Waals surface area (Å²) in [5, 5.41) is 21.5. The molecule has 1 amide bonds. The van der Waals surface area contributed by atoms with Crippen molar-refractivity contribution in [3.05, 3.63) is 70.6 Å². The maximum Gasteiger partial charge on any atom is 0.304 e. The van der Waals surface area contributed by atoms with Gasteiger partial charge in [-0.15, -0.1) is 11.3 Å². The number of carboxylic acids is 1. The minimum absolute atomic E-state index is 0.0885. The maximum absolute atomic E-state index is 13.4. The van der Waals surface area contributed by atoms with Crippen molar-refractivity contribution in [2.75, 3.05) is 18.1 Å². The first-order valence-corrected chi connectivity index (χ1v) is 11.1. The number of aliphatic carboxylic acids is 1. The average Bonchev–Trinajstić information content (AvgIpc) is 3.24. The number of carbonyl (C=O) groups excluding carboxylic acids is 1. The molecule has 0 bridgehead atoms. The number of nitrogens with zero attached hydrogens (tertiary/aromatic N) is 2. The van der Waals surface area contributed by atoms with E-state index in [0.717, 1.165) is 11.1 Å². The van der Waals surface area contributed by atoms with Crippen LogP contribution in [0.1, 0.15) is 18.4 Å². The minimum atomic E-state index is -1.03. The van der Waals surface area contributed by atoms with Gasteiger partial charge in [-0.1, -0.05) is 60.1 Å². The van der Waals surface area contributed by atoms with E-state index in [2.05, 4.69) is 4.98 Å². The van der Waals surface area contributed by atoms with Crippen molar-refractivity contribution in [2.45, 2.75) is 19.3 Å². The molecular formula is C23H23ClN2O4S. The Morgan fingerprint density at radius 2 is 1.81 bits per heavy atom. The third-order valence-corrected chi connectivity index (χ3v) is 5.97. The fourth-order valence-corrected chi connectivity index (χ4v) is 4.38. The topological polar surface area (TPSA) is 90.7 Å². The summed E-state index contributed by atoms with van der Waals surface area (Å²) >= 11 is 7.57. The normalized spacial score (nSPS) is 11.8. The number of amides is 1. The number of anilines is 1. The number of hydrogen-bond donors (Lipinski definition) is 2. The van der Waals surface area contributed by atoms with Gasteiger partial charge < -0.3 is 10.2 Å². The van der Waals surface area contributed by atoms with Crippen molar-refractivity contribution in [1.82, 2.24) is 4.98 Å². The number of carboxylic acid groups (broad SMARTS) is 1. The van der Waals surface area contributed by atoms with Crippen LogP contribution in [0, 0.1) is 5.92 Å². The molecule has 8 heteroatoms. The number of benzene rings is 2. The van der Waals surface area contributed by atoms with Crippen LogP contribution in [0.15, 0.2) is 60.0 Å². The quantitative estimate of drug-likeness (QED) is 0.466. The third-order valence-electron chi connectivity index (χ3n) is 4.77. The number of aromatic nitrogens is 1. The van der Waals surface area contributed by atoms with Gasteiger partial charge in [-0.2, -0.15) is 0 Å². The Kier molecular flexibility index (Phi) is 8.17. The Hall–Kier alpha value is -2.74. The molecule has 1 aromatic heterocycles. The predicted molar refractivity (Wildman–Crippen MR) is 123 cm³/mol. The van der Waals surface area contributed by atoms with Gasteiger partial charge in [0.25, 0.3) is 0 Å². The highest BCUT2D eigenvalue weighted by Crippen LogP contribution is 2.33. The highest BCUT2D eigenvalue weighted by atomic mass is 35.5. The second kappa shape index (κ2) is 11.0. The molecule has 2 N–H and O–H groups in total. The number of aliphatic hydroxyl groups excluding tert-OH is 1. The van der Waals surface area contributed by atoms with Crippen LogP contribution in [0.5, 0.6) is 0 Å². The van der Waals surface area contributed by atoms with Gasteiger partial charge in [-0.05, 0) is 24.5 Å². The lowest BCUT2D eigenvalue weighted by Crippen LogP contribution is -2.39. The third kappa shape index (κ3) is 6.13. The molecule has 2 aromatic carbocycles. The lowest BCUT2D eigenvalue weighted by atomic mass is 9.94. The smallest absolute Gasteiger partial charge is 0.304 e. The van der Waals surface area contributed by atoms with Crippen molar-refractivity contribution in [3.63, 3.8) is 0 Å². The summed E-state index contributed by atoms with van der Waals surface area (Å²) < 4.78 is 0. The molecule has 3 rings (SSSR count). The number of aliphatic hydroxyl groups is 1. The van der Waals surface area contributed by atoms with E-state index in [4.69, 9.17) is 11.6 Å². The van der Waals surface area contributed by atoms with E-state index < -0.39 is 11.9 Å². The molecule has 1 atom stereocenters. The van der Waals surface area contributed by atoms with Gasteiger partial charge in [-0.3, -0.25) is 14.5 Å². The summed E-state index contributed by atoms with van der Waals surface area (Å²) in [5.41, 5.74) is 2.29. The van der Waals surface area contributed by atoms with E-state index in [1.165, 1.54) is 16.2 Å². The largest absolute Gasteiger partial charge is 0.481 e. The molecule has 0 saturated heterocycles. The molecule has 31 heavy (non-hydrogen) atoms. The monoisotopic (exact) mass is 458 g/mol. The summed E-state index contributed by atoms with van der Waals surface area (Å²) in [7, 11) is 0. The number of halogens is 1. The zero-order chi connectivity index (χ0) is 22.2. The lowest BCUT2D eigenvalue weighted by molar-refractivity contribution is -0.140. The van der Waals surface area contributed by atoms with Crippen molar-refractivity contribution >= 4 is 39.9 Å². The Labute approximate surface area is 189 Å². The number of carbonyl (C=O) groups is 2. The first-order valence-electron chi connectivity index (χ1n) is 9.88. The van der Waals surface area contributed by atoms with Crippen LogP contribution in [0.4, 0.5) is 5.13 Å². The Morgan fingerprint density at radius 3 is 2.48 bits per heavy atom. The highest BCUT2D eigenvalue weighted by molar-refractivity contribution is 7.14. The number of thiazole rings is 1. The van der Waals surface area contributed by atoms with Crippen molar-refractivity contribution in [1.29, 1.82) is 0 Å². The Morgan fingerprint density at radius 1 is 1.10 bits per heavy atom. The minimum Gasteiger partial charge on any atom is -0.481 e. The van der Waals surface area contributed by atoms with Gasteiger partial charge in [-0.25, -0.2) is 4.98 Å². The molecule has 162 valence electrons. The van der Waals surface area contributed by atoms with Crippen LogP contribution < -0.4 is 4.90 Å². The molecule has 0 radical (unpaired) electrons. The highest BCUT2D eigenvalue weighted by Gasteiger charge is 2.29. The van der Waals surface area contributed by atoms with E-state index in [0.29, 0.717) is 28.7 Å². The van der Waals surface area contributed by atoms with Gasteiger partial charge >= 0.3 is 5.97 Å². The summed E-state index contributed by atoms with van der Waals surface area (Å²) in [4.78, 5) is 31.0. The van der Waals surface area contributed by atoms with Crippen LogP contribution in [-0.4, -0.2) is 40.2 Å². The van der Waals surface area contributed by atoms with Crippen LogP contribution in [0.2, 0.25) is 5.02 Å². The molecule has 0 aliphatic rings. The van der Waals surface area contributed by atoms with Crippen molar-refractivity contribution in [2.24, 2.45) is 5.92 Å². The molecule has 6 nitrogen and oxygen atoms in total. The second-order valence-electron chi connectivity index (χ2n) is 7.05. The van der Waals surface area contributed by atoms with Gasteiger partial charge in [0.15, 0.2) is 5.13 Å². The number of rotatable bonds is 10. The van der Waals surface area contributed by atoms with E-state index in [9.17, 15) is 19.8 Å². The van der Waals surface area contributed by atoms with Crippen LogP contribution >= 0.6 is 22.9 Å². The van der Waals surface area contributed by atoms with E-state index in [1.54, 1.807) is 6.07 Å². The SMILES string of the molecule is O=C(O)CC(Cc1ccccc1)C(=O)N(CCCO)c1nc(-c2ccccc2Cl)cs1. The standard InChI is InChI=1S/C23H23ClN2O4S/c24-19-10-5-4-9-18(19)20-15-31-23(25-20)26(11-6-12-27)22(30)17(14-21(28)29)13-16-7-2-1-3-8-16/h1-5,7-10,15,17,27H,6,11-14H2,(H,28,29). The van der Waals surface area contributed by atoms with Gasteiger partial charge in [0.1, 0.15) is 0 Å². The molecular weight excluding hydrogens is 436 g/mol. The Balaban J connectivity index is 1.90. The van der Waals surface area contributed by atoms with Gasteiger partial charge in [0.2, 0.25) is 5.91 Å². The summed E-state index contributed by atoms with van der Waals surface area (Å²) in [6, 6.07) is 16.6. The molecule has 0 aliphatic heterocycles. The molecule has 1 unspecified atom stereocenters. The van der Waals surface area contributed by atoms with Crippen molar-refractivity contribution in [3.8, 4) is 11.3 Å². The fourth-order valence-electron chi connectivity index (χ4n) is 3.29. The average molecular weight is 459 g/mol. The van der Waals surface area contributed by atoms with Crippen LogP contribution in [-0.2, 0) is 16.0 Å². The van der Waals surface area contributed by atoms with E-state index in [1.807, 2.05) is 53.9 Å². The van der Waals surface area contributed by atoms with E-state index >= 15 is 0 Å². The van der Waals surface area contributed by atoms with Crippen LogP contribution in [0.25, 0.3) is 11.3 Å². The molecule has 0 fully saturated rings. The van der Waals surface area contributed by atoms with Crippen LogP contribution in [0.3, 0.4) is 0 Å². The maximum atomic E-state index is 13.4. The zero-order valence-electron chi connectivity index (χ0n) is 16.8. The molecule has 0 aliphatic carbocycles. The fraction of sp³-hybridized carbons (Fsp3) is 0.261. The predicted octanol–water partition coefficient (Wildman–Crippen LogP) is 4.51. The molecule has 1 heterocycles. The first kappa shape index (κ1) is 22.9. The Bertz CT molecular complexity index is 1030. The lowest BCUT2D eigenvalue weighted by Gasteiger charge is -2.24. The molecule has 0 saturated carbocycles. The summed E-state index contributed by atoms with van der Waals surface area (Å²) in [6.07, 6.45) is 0.383. The molecule has 3 aromatic rings. The number of hydrogen-bond acceptors (Lipinski definition) is 5. The van der Waals surface area contributed by atoms with Gasteiger partial charge in [0, 0.05) is 29.1 Å². The second-order valence-corrected chi connectivity index (χ2v) is 8.29.